The SMILES string of the molecule is Cc1cccc(-c2cn(C3CC(CN(C(=O)OC(C)(C)C)C(=O)OC(C)(C)C)C3)nc2C2CC2)n1. The molecule has 0 atom stereocenters. The number of carbonyl (C=O) groups is 2. The van der Waals surface area contributed by atoms with Gasteiger partial charge in [-0.3, -0.25) is 9.67 Å². The van der Waals surface area contributed by atoms with E-state index in [0.29, 0.717) is 5.92 Å². The van der Waals surface area contributed by atoms with Crippen LogP contribution in [-0.4, -0.2) is 49.6 Å². The van der Waals surface area contributed by atoms with E-state index in [0.717, 1.165) is 40.4 Å². The van der Waals surface area contributed by atoms with Crippen LogP contribution >= 0.6 is 0 Å². The molecule has 0 spiro atoms. The number of rotatable bonds is 5. The molecule has 2 aliphatic rings. The van der Waals surface area contributed by atoms with E-state index in [1.807, 2.05) is 25.1 Å². The van der Waals surface area contributed by atoms with E-state index in [2.05, 4.69) is 10.9 Å². The summed E-state index contributed by atoms with van der Waals surface area (Å²) in [5.74, 6) is 0.674. The molecule has 2 aromatic heterocycles. The summed E-state index contributed by atoms with van der Waals surface area (Å²) in [6.07, 6.45) is 4.78. The molecule has 4 rings (SSSR count). The van der Waals surface area contributed by atoms with E-state index in [1.54, 1.807) is 41.5 Å². The van der Waals surface area contributed by atoms with Gasteiger partial charge in [-0.1, -0.05) is 6.07 Å². The lowest BCUT2D eigenvalue weighted by Crippen LogP contribution is -2.47. The summed E-state index contributed by atoms with van der Waals surface area (Å²) in [7, 11) is 0. The fourth-order valence-electron chi connectivity index (χ4n) is 4.32. The average molecular weight is 483 g/mol. The minimum atomic E-state index is -0.700. The van der Waals surface area contributed by atoms with E-state index < -0.39 is 23.4 Å². The topological polar surface area (TPSA) is 86.5 Å². The molecule has 35 heavy (non-hydrogen) atoms. The molecule has 0 N–H and O–H groups in total. The molecule has 2 aliphatic carbocycles. The molecule has 8 nitrogen and oxygen atoms in total. The largest absolute Gasteiger partial charge is 0.443 e. The van der Waals surface area contributed by atoms with Crippen LogP contribution in [0.3, 0.4) is 0 Å². The first-order valence-corrected chi connectivity index (χ1v) is 12.6. The van der Waals surface area contributed by atoms with Gasteiger partial charge in [0.05, 0.1) is 17.4 Å². The molecular formula is C27H38N4O4. The van der Waals surface area contributed by atoms with Gasteiger partial charge in [-0.25, -0.2) is 14.5 Å². The number of aryl methyl sites for hydroxylation is 1. The lowest BCUT2D eigenvalue weighted by atomic mass is 9.80. The van der Waals surface area contributed by atoms with Gasteiger partial charge in [0.1, 0.15) is 11.2 Å². The Labute approximate surface area is 208 Å². The van der Waals surface area contributed by atoms with Gasteiger partial charge >= 0.3 is 12.2 Å². The van der Waals surface area contributed by atoms with Gasteiger partial charge in [-0.2, -0.15) is 5.10 Å². The molecule has 2 amide bonds. The number of hydrogen-bond donors (Lipinski definition) is 0. The second-order valence-corrected chi connectivity index (χ2v) is 11.9. The van der Waals surface area contributed by atoms with Gasteiger partial charge in [-0.15, -0.1) is 0 Å². The highest BCUT2D eigenvalue weighted by atomic mass is 16.6. The van der Waals surface area contributed by atoms with Crippen LogP contribution in [0, 0.1) is 12.8 Å². The van der Waals surface area contributed by atoms with Crippen molar-refractivity contribution < 1.29 is 19.1 Å². The number of ether oxygens (including phenoxy) is 2. The Bertz CT molecular complexity index is 1060. The van der Waals surface area contributed by atoms with Crippen LogP contribution in [0.5, 0.6) is 0 Å². The Hall–Kier alpha value is -2.90. The Balaban J connectivity index is 1.45. The number of hydrogen-bond acceptors (Lipinski definition) is 6. The fourth-order valence-corrected chi connectivity index (χ4v) is 4.32. The predicted octanol–water partition coefficient (Wildman–Crippen LogP) is 6.25. The van der Waals surface area contributed by atoms with Crippen molar-refractivity contribution in [3.8, 4) is 11.3 Å². The summed E-state index contributed by atoms with van der Waals surface area (Å²) >= 11 is 0. The molecule has 2 heterocycles. The fraction of sp³-hybridized carbons (Fsp3) is 0.630. The lowest BCUT2D eigenvalue weighted by molar-refractivity contribution is -0.00641. The van der Waals surface area contributed by atoms with Gasteiger partial charge in [0.2, 0.25) is 0 Å². The molecule has 0 saturated heterocycles. The van der Waals surface area contributed by atoms with E-state index >= 15 is 0 Å². The number of aromatic nitrogens is 3. The van der Waals surface area contributed by atoms with E-state index in [-0.39, 0.29) is 18.5 Å². The van der Waals surface area contributed by atoms with Crippen LogP contribution in [0.15, 0.2) is 24.4 Å². The molecule has 190 valence electrons. The summed E-state index contributed by atoms with van der Waals surface area (Å²) < 4.78 is 13.0. The van der Waals surface area contributed by atoms with Crippen molar-refractivity contribution in [3.05, 3.63) is 35.8 Å². The first kappa shape index (κ1) is 25.2. The van der Waals surface area contributed by atoms with E-state index in [1.165, 1.54) is 12.8 Å². The number of amides is 2. The van der Waals surface area contributed by atoms with Crippen molar-refractivity contribution in [2.24, 2.45) is 5.92 Å². The Kier molecular flexibility index (Phi) is 6.68. The second-order valence-electron chi connectivity index (χ2n) is 11.9. The molecular weight excluding hydrogens is 444 g/mol. The lowest BCUT2D eigenvalue weighted by Gasteiger charge is -2.38. The summed E-state index contributed by atoms with van der Waals surface area (Å²) in [6.45, 7) is 13.0. The molecule has 8 heteroatoms. The molecule has 0 aliphatic heterocycles. The predicted molar refractivity (Wildman–Crippen MR) is 133 cm³/mol. The Morgan fingerprint density at radius 1 is 1.03 bits per heavy atom. The van der Waals surface area contributed by atoms with Crippen LogP contribution in [0.1, 0.15) is 90.6 Å². The maximum atomic E-state index is 12.8. The zero-order valence-electron chi connectivity index (χ0n) is 22.0. The Morgan fingerprint density at radius 3 is 2.14 bits per heavy atom. The zero-order chi connectivity index (χ0) is 25.5. The number of imide groups is 1. The highest BCUT2D eigenvalue weighted by molar-refractivity contribution is 5.88. The van der Waals surface area contributed by atoms with E-state index in [4.69, 9.17) is 19.6 Å². The minimum Gasteiger partial charge on any atom is -0.443 e. The molecule has 2 saturated carbocycles. The molecule has 0 unspecified atom stereocenters. The number of pyridine rings is 1. The van der Waals surface area contributed by atoms with Gasteiger partial charge in [0.15, 0.2) is 0 Å². The zero-order valence-corrected chi connectivity index (χ0v) is 22.0. The maximum Gasteiger partial charge on any atom is 0.419 e. The highest BCUT2D eigenvalue weighted by Crippen LogP contribution is 2.45. The first-order valence-electron chi connectivity index (χ1n) is 12.6. The molecule has 0 radical (unpaired) electrons. The van der Waals surface area contributed by atoms with Crippen molar-refractivity contribution in [1.29, 1.82) is 0 Å². The van der Waals surface area contributed by atoms with Crippen molar-refractivity contribution >= 4 is 12.2 Å². The van der Waals surface area contributed by atoms with Gasteiger partial charge < -0.3 is 9.47 Å². The van der Waals surface area contributed by atoms with Crippen molar-refractivity contribution in [2.45, 2.75) is 97.3 Å². The number of nitrogens with zero attached hydrogens (tertiary/aromatic N) is 4. The molecule has 0 bridgehead atoms. The van der Waals surface area contributed by atoms with Crippen LogP contribution in [0.2, 0.25) is 0 Å². The second kappa shape index (κ2) is 9.28. The van der Waals surface area contributed by atoms with Crippen molar-refractivity contribution in [1.82, 2.24) is 19.7 Å². The molecule has 0 aromatic carbocycles. The van der Waals surface area contributed by atoms with Crippen molar-refractivity contribution in [2.75, 3.05) is 6.54 Å². The first-order chi connectivity index (χ1) is 16.3. The summed E-state index contributed by atoms with van der Waals surface area (Å²) in [6, 6.07) is 6.31. The normalized spacial score (nSPS) is 20.2. The average Bonchev–Trinajstić information content (AvgIpc) is 3.43. The van der Waals surface area contributed by atoms with E-state index in [9.17, 15) is 9.59 Å². The molecule has 2 aromatic rings. The quantitative estimate of drug-likeness (QED) is 0.500. The maximum absolute atomic E-state index is 12.8. The number of carbonyl (C=O) groups excluding carboxylic acids is 2. The van der Waals surface area contributed by atoms with Crippen LogP contribution in [0.25, 0.3) is 11.3 Å². The standard InChI is InChI=1S/C27H38N4O4/c1-17-9-8-10-22(28-17)21-16-31(29-23(21)19-11-12-19)20-13-18(14-20)15-30(24(32)34-26(2,3)4)25(33)35-27(5,6)7/h8-10,16,18-20H,11-15H2,1-7H3. The van der Waals surface area contributed by atoms with Crippen molar-refractivity contribution in [3.63, 3.8) is 0 Å². The van der Waals surface area contributed by atoms with Crippen LogP contribution in [0.4, 0.5) is 9.59 Å². The molecule has 2 fully saturated rings. The summed E-state index contributed by atoms with van der Waals surface area (Å²) in [4.78, 5) is 31.4. The van der Waals surface area contributed by atoms with Crippen LogP contribution < -0.4 is 0 Å². The Morgan fingerprint density at radius 2 is 1.63 bits per heavy atom. The van der Waals surface area contributed by atoms with Gasteiger partial charge in [0.25, 0.3) is 0 Å². The highest BCUT2D eigenvalue weighted by Gasteiger charge is 2.39. The smallest absolute Gasteiger partial charge is 0.419 e. The third-order valence-electron chi connectivity index (χ3n) is 6.14. The monoisotopic (exact) mass is 482 g/mol. The third-order valence-corrected chi connectivity index (χ3v) is 6.14. The summed E-state index contributed by atoms with van der Waals surface area (Å²) in [5.41, 5.74) is 2.81. The minimum absolute atomic E-state index is 0.161. The third kappa shape index (κ3) is 6.41. The van der Waals surface area contributed by atoms with Crippen LogP contribution in [-0.2, 0) is 9.47 Å². The summed E-state index contributed by atoms with van der Waals surface area (Å²) in [5, 5.41) is 4.96. The van der Waals surface area contributed by atoms with Gasteiger partial charge in [0, 0.05) is 29.9 Å². The van der Waals surface area contributed by atoms with Gasteiger partial charge in [-0.05, 0) is 92.2 Å².